The number of hydrogen-bond acceptors (Lipinski definition) is 6. The molecule has 0 spiro atoms. The van der Waals surface area contributed by atoms with E-state index in [0.717, 1.165) is 18.5 Å². The van der Waals surface area contributed by atoms with Gasteiger partial charge >= 0.3 is 0 Å². The maximum absolute atomic E-state index is 12.1. The fraction of sp³-hybridized carbons (Fsp3) is 0.308. The van der Waals surface area contributed by atoms with E-state index in [4.69, 9.17) is 0 Å². The van der Waals surface area contributed by atoms with Crippen LogP contribution in [0.1, 0.15) is 18.9 Å². The van der Waals surface area contributed by atoms with Gasteiger partial charge in [-0.2, -0.15) is 5.10 Å². The minimum Gasteiger partial charge on any atom is -0.313 e. The molecule has 1 heterocycles. The van der Waals surface area contributed by atoms with Crippen molar-refractivity contribution in [1.82, 2.24) is 20.5 Å². The van der Waals surface area contributed by atoms with Gasteiger partial charge in [0, 0.05) is 6.54 Å². The van der Waals surface area contributed by atoms with Crippen LogP contribution in [0.2, 0.25) is 0 Å². The van der Waals surface area contributed by atoms with Gasteiger partial charge in [-0.1, -0.05) is 19.1 Å². The Morgan fingerprint density at radius 1 is 1.14 bits per heavy atom. The van der Waals surface area contributed by atoms with Gasteiger partial charge in [-0.05, 0) is 30.7 Å². The zero-order chi connectivity index (χ0) is 15.1. The Morgan fingerprint density at radius 3 is 2.52 bits per heavy atom. The minimum atomic E-state index is -3.69. The second-order valence-electron chi connectivity index (χ2n) is 4.39. The average Bonchev–Trinajstić information content (AvgIpc) is 2.49. The molecule has 2 rings (SSSR count). The summed E-state index contributed by atoms with van der Waals surface area (Å²) in [6.07, 6.45) is 3.80. The SMILES string of the molecule is CCCNCc1ccc(S(=O)(=O)Nc2nccnn2)cc1. The zero-order valence-corrected chi connectivity index (χ0v) is 12.5. The second-order valence-corrected chi connectivity index (χ2v) is 6.07. The van der Waals surface area contributed by atoms with Crippen molar-refractivity contribution in [2.24, 2.45) is 0 Å². The highest BCUT2D eigenvalue weighted by atomic mass is 32.2. The van der Waals surface area contributed by atoms with Crippen LogP contribution in [0.25, 0.3) is 0 Å². The molecule has 0 saturated heterocycles. The molecule has 0 aliphatic carbocycles. The van der Waals surface area contributed by atoms with Crippen LogP contribution in [0, 0.1) is 0 Å². The summed E-state index contributed by atoms with van der Waals surface area (Å²) in [6.45, 7) is 3.74. The predicted octanol–water partition coefficient (Wildman–Crippen LogP) is 1.17. The molecular formula is C13H17N5O2S. The first-order chi connectivity index (χ1) is 10.1. The standard InChI is InChI=1S/C13H17N5O2S/c1-2-7-14-10-11-3-5-12(6-4-11)21(19,20)18-13-15-8-9-16-17-13/h3-6,8-9,14H,2,7,10H2,1H3,(H,15,17,18). The van der Waals surface area contributed by atoms with E-state index in [1.165, 1.54) is 12.4 Å². The third-order valence-corrected chi connectivity index (χ3v) is 4.04. The first-order valence-electron chi connectivity index (χ1n) is 6.58. The summed E-state index contributed by atoms with van der Waals surface area (Å²) in [5, 5.41) is 10.4. The van der Waals surface area contributed by atoms with E-state index >= 15 is 0 Å². The van der Waals surface area contributed by atoms with Crippen LogP contribution < -0.4 is 10.0 Å². The van der Waals surface area contributed by atoms with E-state index in [2.05, 4.69) is 32.1 Å². The van der Waals surface area contributed by atoms with Crippen molar-refractivity contribution in [3.63, 3.8) is 0 Å². The van der Waals surface area contributed by atoms with Crippen molar-refractivity contribution in [3.05, 3.63) is 42.2 Å². The molecule has 2 N–H and O–H groups in total. The molecule has 1 aromatic heterocycles. The van der Waals surface area contributed by atoms with E-state index in [1.807, 2.05) is 0 Å². The van der Waals surface area contributed by atoms with Crippen LogP contribution in [0.15, 0.2) is 41.6 Å². The number of nitrogens with one attached hydrogen (secondary N) is 2. The monoisotopic (exact) mass is 307 g/mol. The summed E-state index contributed by atoms with van der Waals surface area (Å²) in [7, 11) is -3.69. The quantitative estimate of drug-likeness (QED) is 0.745. The van der Waals surface area contributed by atoms with E-state index in [-0.39, 0.29) is 10.8 Å². The maximum atomic E-state index is 12.1. The van der Waals surface area contributed by atoms with Gasteiger partial charge in [0.05, 0.1) is 17.3 Å². The second kappa shape index (κ2) is 7.09. The fourth-order valence-electron chi connectivity index (χ4n) is 1.67. The molecule has 0 atom stereocenters. The van der Waals surface area contributed by atoms with Crippen molar-refractivity contribution in [3.8, 4) is 0 Å². The van der Waals surface area contributed by atoms with Crippen LogP contribution in [-0.4, -0.2) is 30.1 Å². The molecular weight excluding hydrogens is 290 g/mol. The van der Waals surface area contributed by atoms with Gasteiger partial charge in [0.25, 0.3) is 16.0 Å². The Balaban J connectivity index is 2.06. The van der Waals surface area contributed by atoms with Crippen molar-refractivity contribution < 1.29 is 8.42 Å². The van der Waals surface area contributed by atoms with Gasteiger partial charge in [-0.25, -0.2) is 18.1 Å². The normalized spacial score (nSPS) is 11.3. The lowest BCUT2D eigenvalue weighted by atomic mass is 10.2. The van der Waals surface area contributed by atoms with E-state index < -0.39 is 10.0 Å². The lowest BCUT2D eigenvalue weighted by Gasteiger charge is -2.07. The smallest absolute Gasteiger partial charge is 0.264 e. The number of benzene rings is 1. The Bertz CT molecular complexity index is 659. The van der Waals surface area contributed by atoms with Crippen LogP contribution in [0.5, 0.6) is 0 Å². The van der Waals surface area contributed by atoms with Crippen molar-refractivity contribution in [2.75, 3.05) is 11.3 Å². The number of aromatic nitrogens is 3. The summed E-state index contributed by atoms with van der Waals surface area (Å²) in [6, 6.07) is 6.67. The highest BCUT2D eigenvalue weighted by Gasteiger charge is 2.15. The highest BCUT2D eigenvalue weighted by molar-refractivity contribution is 7.92. The summed E-state index contributed by atoms with van der Waals surface area (Å²) < 4.78 is 26.6. The van der Waals surface area contributed by atoms with Crippen LogP contribution >= 0.6 is 0 Å². The van der Waals surface area contributed by atoms with Gasteiger partial charge in [-0.3, -0.25) is 0 Å². The molecule has 8 heteroatoms. The Hall–Kier alpha value is -2.06. The van der Waals surface area contributed by atoms with Crippen LogP contribution in [-0.2, 0) is 16.6 Å². The van der Waals surface area contributed by atoms with Crippen molar-refractivity contribution in [2.45, 2.75) is 24.8 Å². The molecule has 0 amide bonds. The third kappa shape index (κ3) is 4.47. The first kappa shape index (κ1) is 15.3. The molecule has 0 aliphatic rings. The van der Waals surface area contributed by atoms with E-state index in [0.29, 0.717) is 6.54 Å². The van der Waals surface area contributed by atoms with Crippen molar-refractivity contribution in [1.29, 1.82) is 0 Å². The van der Waals surface area contributed by atoms with Crippen LogP contribution in [0.3, 0.4) is 0 Å². The van der Waals surface area contributed by atoms with Gasteiger partial charge in [-0.15, -0.1) is 5.10 Å². The molecule has 21 heavy (non-hydrogen) atoms. The first-order valence-corrected chi connectivity index (χ1v) is 8.06. The summed E-state index contributed by atoms with van der Waals surface area (Å²) >= 11 is 0. The molecule has 0 bridgehead atoms. The zero-order valence-electron chi connectivity index (χ0n) is 11.7. The number of hydrogen-bond donors (Lipinski definition) is 2. The molecule has 0 fully saturated rings. The van der Waals surface area contributed by atoms with Gasteiger partial charge in [0.2, 0.25) is 0 Å². The van der Waals surface area contributed by atoms with Crippen LogP contribution in [0.4, 0.5) is 5.95 Å². The number of rotatable bonds is 7. The topological polar surface area (TPSA) is 96.9 Å². The minimum absolute atomic E-state index is 0.0498. The molecule has 0 unspecified atom stereocenters. The maximum Gasteiger partial charge on any atom is 0.264 e. The predicted molar refractivity (Wildman–Crippen MR) is 79.1 cm³/mol. The highest BCUT2D eigenvalue weighted by Crippen LogP contribution is 2.13. The number of anilines is 1. The molecule has 1 aromatic carbocycles. The average molecular weight is 307 g/mol. The van der Waals surface area contributed by atoms with E-state index in [9.17, 15) is 8.42 Å². The lowest BCUT2D eigenvalue weighted by Crippen LogP contribution is -2.16. The Labute approximate surface area is 123 Å². The summed E-state index contributed by atoms with van der Waals surface area (Å²) in [5.74, 6) is -0.0498. The van der Waals surface area contributed by atoms with Gasteiger partial charge in [0.1, 0.15) is 0 Å². The number of sulfonamides is 1. The summed E-state index contributed by atoms with van der Waals surface area (Å²) in [4.78, 5) is 3.94. The molecule has 0 radical (unpaired) electrons. The Kier molecular flexibility index (Phi) is 5.18. The van der Waals surface area contributed by atoms with Crippen molar-refractivity contribution >= 4 is 16.0 Å². The number of nitrogens with zero attached hydrogens (tertiary/aromatic N) is 3. The fourth-order valence-corrected chi connectivity index (χ4v) is 2.62. The summed E-state index contributed by atoms with van der Waals surface area (Å²) in [5.41, 5.74) is 1.03. The lowest BCUT2D eigenvalue weighted by molar-refractivity contribution is 0.600. The largest absolute Gasteiger partial charge is 0.313 e. The molecule has 112 valence electrons. The van der Waals surface area contributed by atoms with E-state index in [1.54, 1.807) is 24.3 Å². The third-order valence-electron chi connectivity index (χ3n) is 2.70. The van der Waals surface area contributed by atoms with Gasteiger partial charge < -0.3 is 5.32 Å². The molecule has 0 aliphatic heterocycles. The van der Waals surface area contributed by atoms with Gasteiger partial charge in [0.15, 0.2) is 0 Å². The molecule has 2 aromatic rings. The molecule has 7 nitrogen and oxygen atoms in total. The molecule has 0 saturated carbocycles. The Morgan fingerprint density at radius 2 is 1.90 bits per heavy atom.